The van der Waals surface area contributed by atoms with Gasteiger partial charge >= 0.3 is 12.5 Å². The Morgan fingerprint density at radius 2 is 1.50 bits per heavy atom. The van der Waals surface area contributed by atoms with Crippen LogP contribution in [0.4, 0.5) is 26.3 Å². The van der Waals surface area contributed by atoms with Crippen molar-refractivity contribution in [2.45, 2.75) is 18.6 Å². The van der Waals surface area contributed by atoms with Crippen molar-refractivity contribution in [1.82, 2.24) is 10.2 Å². The van der Waals surface area contributed by atoms with E-state index in [-0.39, 0.29) is 37.9 Å². The number of ether oxygens (including phenoxy) is 1. The Morgan fingerprint density at radius 1 is 0.958 bits per heavy atom. The van der Waals surface area contributed by atoms with E-state index in [1.807, 2.05) is 0 Å². The molecule has 1 atom stereocenters. The lowest BCUT2D eigenvalue weighted by molar-refractivity contribution is -0.275. The van der Waals surface area contributed by atoms with E-state index in [0.717, 1.165) is 17.0 Å². The number of benzene rings is 1. The molecule has 1 aliphatic rings. The predicted molar refractivity (Wildman–Crippen MR) is 80.9 cm³/mol. The third-order valence-corrected chi connectivity index (χ3v) is 3.27. The summed E-state index contributed by atoms with van der Waals surface area (Å²) in [5, 5.41) is 2.91. The van der Waals surface area contributed by atoms with E-state index in [9.17, 15) is 26.3 Å². The number of nitrogens with zero attached hydrogens (tertiary/aromatic N) is 1. The molecule has 0 aromatic heterocycles. The van der Waals surface area contributed by atoms with Gasteiger partial charge in [0.15, 0.2) is 0 Å². The fourth-order valence-corrected chi connectivity index (χ4v) is 2.44. The first-order chi connectivity index (χ1) is 10.2. The van der Waals surface area contributed by atoms with Crippen LogP contribution in [0, 0.1) is 0 Å². The lowest BCUT2D eigenvalue weighted by Gasteiger charge is -2.36. The lowest BCUT2D eigenvalue weighted by Crippen LogP contribution is -2.49. The van der Waals surface area contributed by atoms with Crippen LogP contribution < -0.4 is 10.1 Å². The molecule has 1 aromatic rings. The second-order valence-corrected chi connectivity index (χ2v) is 4.82. The number of halogens is 8. The van der Waals surface area contributed by atoms with Crippen molar-refractivity contribution in [2.75, 3.05) is 26.2 Å². The molecule has 3 nitrogen and oxygen atoms in total. The summed E-state index contributed by atoms with van der Waals surface area (Å²) in [7, 11) is 0. The highest BCUT2D eigenvalue weighted by Crippen LogP contribution is 2.42. The average Bonchev–Trinajstić information content (AvgIpc) is 2.39. The Morgan fingerprint density at radius 3 is 2.00 bits per heavy atom. The predicted octanol–water partition coefficient (Wildman–Crippen LogP) is 3.94. The Balaban J connectivity index is 0.00000264. The van der Waals surface area contributed by atoms with Gasteiger partial charge in [-0.2, -0.15) is 13.2 Å². The fraction of sp³-hybridized carbons (Fsp3) is 0.538. The molecule has 1 saturated heterocycles. The molecule has 0 radical (unpaired) electrons. The minimum atomic E-state index is -5.05. The molecular weight excluding hydrogens is 385 g/mol. The Bertz CT molecular complexity index is 506. The van der Waals surface area contributed by atoms with Crippen LogP contribution >= 0.6 is 24.8 Å². The normalized spacial score (nSPS) is 17.4. The fourth-order valence-electron chi connectivity index (χ4n) is 2.44. The van der Waals surface area contributed by atoms with Crippen molar-refractivity contribution in [3.8, 4) is 5.75 Å². The summed E-state index contributed by atoms with van der Waals surface area (Å²) in [6.07, 6.45) is -9.75. The second-order valence-electron chi connectivity index (χ2n) is 4.82. The van der Waals surface area contributed by atoms with Crippen molar-refractivity contribution in [3.05, 3.63) is 29.8 Å². The van der Waals surface area contributed by atoms with Gasteiger partial charge in [0.1, 0.15) is 11.8 Å². The molecule has 0 amide bonds. The lowest BCUT2D eigenvalue weighted by atomic mass is 10.0. The number of nitrogens with one attached hydrogen (secondary N) is 1. The first-order valence-electron chi connectivity index (χ1n) is 6.54. The van der Waals surface area contributed by atoms with E-state index in [1.165, 1.54) is 12.1 Å². The number of hydrogen-bond acceptors (Lipinski definition) is 3. The Kier molecular flexibility index (Phi) is 8.64. The summed E-state index contributed by atoms with van der Waals surface area (Å²) >= 11 is 0. The van der Waals surface area contributed by atoms with Gasteiger partial charge in [-0.05, 0) is 6.07 Å². The van der Waals surface area contributed by atoms with Gasteiger partial charge in [0, 0.05) is 31.7 Å². The summed E-state index contributed by atoms with van der Waals surface area (Å²) in [6.45, 7) is 0.860. The van der Waals surface area contributed by atoms with Crippen LogP contribution in [0.5, 0.6) is 5.75 Å². The van der Waals surface area contributed by atoms with Gasteiger partial charge in [-0.1, -0.05) is 18.2 Å². The molecule has 1 aliphatic heterocycles. The van der Waals surface area contributed by atoms with Crippen LogP contribution in [-0.4, -0.2) is 43.6 Å². The minimum Gasteiger partial charge on any atom is -0.405 e. The van der Waals surface area contributed by atoms with E-state index in [2.05, 4.69) is 10.1 Å². The molecule has 24 heavy (non-hydrogen) atoms. The number of hydrogen-bond donors (Lipinski definition) is 1. The number of alkyl halides is 6. The van der Waals surface area contributed by atoms with Crippen molar-refractivity contribution in [3.63, 3.8) is 0 Å². The molecule has 0 unspecified atom stereocenters. The molecule has 140 valence electrons. The average molecular weight is 401 g/mol. The summed E-state index contributed by atoms with van der Waals surface area (Å²) < 4.78 is 81.2. The van der Waals surface area contributed by atoms with Crippen molar-refractivity contribution < 1.29 is 31.1 Å². The summed E-state index contributed by atoms with van der Waals surface area (Å²) in [5.41, 5.74) is -0.533. The highest BCUT2D eigenvalue weighted by Gasteiger charge is 2.47. The van der Waals surface area contributed by atoms with Crippen molar-refractivity contribution in [1.29, 1.82) is 0 Å². The van der Waals surface area contributed by atoms with Gasteiger partial charge in [-0.25, -0.2) is 0 Å². The van der Waals surface area contributed by atoms with Crippen LogP contribution in [0.15, 0.2) is 24.3 Å². The summed E-state index contributed by atoms with van der Waals surface area (Å²) in [6, 6.07) is 2.24. The third-order valence-electron chi connectivity index (χ3n) is 3.27. The molecule has 2 rings (SSSR count). The monoisotopic (exact) mass is 400 g/mol. The van der Waals surface area contributed by atoms with Crippen LogP contribution in [0.2, 0.25) is 0 Å². The Hall–Kier alpha value is -0.900. The number of piperazine rings is 1. The van der Waals surface area contributed by atoms with Crippen LogP contribution in [0.1, 0.15) is 11.6 Å². The molecular formula is C13H16Cl2F6N2O. The zero-order valence-corrected chi connectivity index (χ0v) is 13.8. The maximum atomic E-state index is 13.4. The molecule has 1 fully saturated rings. The van der Waals surface area contributed by atoms with Crippen LogP contribution in [-0.2, 0) is 0 Å². The van der Waals surface area contributed by atoms with Crippen molar-refractivity contribution >= 4 is 24.8 Å². The quantitative estimate of drug-likeness (QED) is 0.777. The standard InChI is InChI=1S/C13H14F6N2O.2ClH/c14-12(15,16)11(21-7-5-20-6-8-21)9-3-1-2-4-10(9)22-13(17,18)19;;/h1-4,11,20H,5-8H2;2*1H/t11-;;/m1../s1. The number of rotatable bonds is 3. The Labute approximate surface area is 147 Å². The first kappa shape index (κ1) is 23.1. The van der Waals surface area contributed by atoms with Gasteiger partial charge in [-0.3, -0.25) is 4.90 Å². The maximum Gasteiger partial charge on any atom is 0.573 e. The molecule has 0 saturated carbocycles. The van der Waals surface area contributed by atoms with Crippen LogP contribution in [0.25, 0.3) is 0 Å². The van der Waals surface area contributed by atoms with Gasteiger partial charge in [-0.15, -0.1) is 38.0 Å². The second kappa shape index (κ2) is 8.98. The molecule has 1 N–H and O–H groups in total. The SMILES string of the molecule is Cl.Cl.FC(F)(F)Oc1ccccc1[C@@H](N1CCNCC1)C(F)(F)F. The van der Waals surface area contributed by atoms with Gasteiger partial charge in [0.25, 0.3) is 0 Å². The molecule has 0 spiro atoms. The number of para-hydroxylation sites is 1. The van der Waals surface area contributed by atoms with Gasteiger partial charge in [0.05, 0.1) is 0 Å². The maximum absolute atomic E-state index is 13.4. The van der Waals surface area contributed by atoms with E-state index < -0.39 is 29.9 Å². The largest absolute Gasteiger partial charge is 0.573 e. The molecule has 0 bridgehead atoms. The van der Waals surface area contributed by atoms with E-state index in [1.54, 1.807) is 0 Å². The van der Waals surface area contributed by atoms with E-state index >= 15 is 0 Å². The van der Waals surface area contributed by atoms with Gasteiger partial charge in [0.2, 0.25) is 0 Å². The zero-order chi connectivity index (χ0) is 16.4. The topological polar surface area (TPSA) is 24.5 Å². The van der Waals surface area contributed by atoms with Gasteiger partial charge < -0.3 is 10.1 Å². The van der Waals surface area contributed by atoms with Crippen LogP contribution in [0.3, 0.4) is 0 Å². The molecule has 11 heteroatoms. The highest BCUT2D eigenvalue weighted by atomic mass is 35.5. The minimum absolute atomic E-state index is 0. The highest BCUT2D eigenvalue weighted by molar-refractivity contribution is 5.85. The smallest absolute Gasteiger partial charge is 0.405 e. The summed E-state index contributed by atoms with van der Waals surface area (Å²) in [5.74, 6) is -0.823. The zero-order valence-electron chi connectivity index (χ0n) is 12.2. The molecule has 0 aliphatic carbocycles. The van der Waals surface area contributed by atoms with Crippen molar-refractivity contribution in [2.24, 2.45) is 0 Å². The van der Waals surface area contributed by atoms with E-state index in [4.69, 9.17) is 0 Å². The summed E-state index contributed by atoms with van der Waals surface area (Å²) in [4.78, 5) is 1.11. The van der Waals surface area contributed by atoms with E-state index in [0.29, 0.717) is 13.1 Å². The molecule has 1 heterocycles. The molecule has 1 aromatic carbocycles. The first-order valence-corrected chi connectivity index (χ1v) is 6.54. The third kappa shape index (κ3) is 6.19.